The van der Waals surface area contributed by atoms with E-state index in [0.29, 0.717) is 5.69 Å². The predicted molar refractivity (Wildman–Crippen MR) is 108 cm³/mol. The molecule has 0 fully saturated rings. The smallest absolute Gasteiger partial charge is 0.335 e. The van der Waals surface area contributed by atoms with Crippen LogP contribution >= 0.6 is 0 Å². The number of aromatic nitrogens is 1. The Morgan fingerprint density at radius 2 is 1.68 bits per heavy atom. The molecule has 1 aliphatic rings. The highest BCUT2D eigenvalue weighted by molar-refractivity contribution is 7.92. The fourth-order valence-electron chi connectivity index (χ4n) is 3.80. The van der Waals surface area contributed by atoms with Crippen molar-refractivity contribution in [2.45, 2.75) is 43.4 Å². The SMILES string of the molecule is O=C(O)c1ccc(NS(=O)(=O)c2ccc3[nH]c4c(c3c2)CCCCCC4)cc1. The molecule has 3 aromatic rings. The summed E-state index contributed by atoms with van der Waals surface area (Å²) in [6.07, 6.45) is 6.67. The van der Waals surface area contributed by atoms with Crippen LogP contribution in [0.3, 0.4) is 0 Å². The van der Waals surface area contributed by atoms with Crippen LogP contribution in [0, 0.1) is 0 Å². The highest BCUT2D eigenvalue weighted by Crippen LogP contribution is 2.30. The normalized spacial score (nSPS) is 14.9. The first-order valence-corrected chi connectivity index (χ1v) is 10.9. The third kappa shape index (κ3) is 3.62. The zero-order chi connectivity index (χ0) is 19.7. The van der Waals surface area contributed by atoms with Gasteiger partial charge < -0.3 is 10.1 Å². The number of fused-ring (bicyclic) bond motifs is 3. The molecule has 28 heavy (non-hydrogen) atoms. The second kappa shape index (κ2) is 7.31. The third-order valence-corrected chi connectivity index (χ3v) is 6.64. The molecule has 0 atom stereocenters. The Bertz CT molecular complexity index is 1130. The van der Waals surface area contributed by atoms with E-state index in [9.17, 15) is 13.2 Å². The monoisotopic (exact) mass is 398 g/mol. The minimum atomic E-state index is -3.77. The highest BCUT2D eigenvalue weighted by Gasteiger charge is 2.19. The van der Waals surface area contributed by atoms with Gasteiger partial charge in [0.2, 0.25) is 0 Å². The average molecular weight is 398 g/mol. The number of carboxylic acids is 1. The van der Waals surface area contributed by atoms with Gasteiger partial charge >= 0.3 is 5.97 Å². The van der Waals surface area contributed by atoms with Gasteiger partial charge in [0.1, 0.15) is 0 Å². The lowest BCUT2D eigenvalue weighted by Gasteiger charge is -2.10. The number of aromatic amines is 1. The molecule has 0 spiro atoms. The summed E-state index contributed by atoms with van der Waals surface area (Å²) >= 11 is 0. The maximum atomic E-state index is 12.8. The summed E-state index contributed by atoms with van der Waals surface area (Å²) in [5, 5.41) is 9.93. The number of nitrogens with one attached hydrogen (secondary N) is 2. The lowest BCUT2D eigenvalue weighted by Crippen LogP contribution is -2.13. The molecule has 3 N–H and O–H groups in total. The number of H-pyrrole nitrogens is 1. The van der Waals surface area contributed by atoms with Gasteiger partial charge in [-0.05, 0) is 73.7 Å². The quantitative estimate of drug-likeness (QED) is 0.609. The maximum absolute atomic E-state index is 12.8. The summed E-state index contributed by atoms with van der Waals surface area (Å²) in [6.45, 7) is 0. The van der Waals surface area contributed by atoms with Gasteiger partial charge in [-0.25, -0.2) is 13.2 Å². The maximum Gasteiger partial charge on any atom is 0.335 e. The van der Waals surface area contributed by atoms with E-state index >= 15 is 0 Å². The molecule has 0 bridgehead atoms. The van der Waals surface area contributed by atoms with Crippen molar-refractivity contribution >= 4 is 32.6 Å². The van der Waals surface area contributed by atoms with E-state index in [4.69, 9.17) is 5.11 Å². The molecule has 1 heterocycles. The first kappa shape index (κ1) is 18.6. The Hall–Kier alpha value is -2.80. The topological polar surface area (TPSA) is 99.3 Å². The van der Waals surface area contributed by atoms with Crippen molar-refractivity contribution in [3.05, 3.63) is 59.3 Å². The lowest BCUT2D eigenvalue weighted by atomic mass is 9.97. The number of carbonyl (C=O) groups is 1. The Morgan fingerprint density at radius 1 is 0.964 bits per heavy atom. The fraction of sp³-hybridized carbons (Fsp3) is 0.286. The second-order valence-electron chi connectivity index (χ2n) is 7.19. The van der Waals surface area contributed by atoms with Crippen LogP contribution in [0.2, 0.25) is 0 Å². The summed E-state index contributed by atoms with van der Waals surface area (Å²) < 4.78 is 28.2. The number of benzene rings is 2. The molecule has 1 aromatic heterocycles. The molecule has 0 saturated carbocycles. The van der Waals surface area contributed by atoms with E-state index in [0.717, 1.165) is 36.6 Å². The van der Waals surface area contributed by atoms with Crippen molar-refractivity contribution in [1.82, 2.24) is 4.98 Å². The molecule has 0 radical (unpaired) electrons. The Labute approximate surface area is 163 Å². The molecule has 6 nitrogen and oxygen atoms in total. The standard InChI is InChI=1S/C21H22N2O4S/c24-21(25)14-7-9-15(10-8-14)23-28(26,27)16-11-12-20-18(13-16)17-5-3-1-2-4-6-19(17)22-20/h7-13,22-23H,1-6H2,(H,24,25). The first-order valence-electron chi connectivity index (χ1n) is 9.44. The second-order valence-corrected chi connectivity index (χ2v) is 8.87. The molecule has 0 amide bonds. The summed E-state index contributed by atoms with van der Waals surface area (Å²) in [5.74, 6) is -1.05. The van der Waals surface area contributed by atoms with E-state index < -0.39 is 16.0 Å². The number of anilines is 1. The molecule has 7 heteroatoms. The number of hydrogen-bond donors (Lipinski definition) is 3. The van der Waals surface area contributed by atoms with E-state index in [1.165, 1.54) is 48.4 Å². The van der Waals surface area contributed by atoms with E-state index in [-0.39, 0.29) is 10.5 Å². The van der Waals surface area contributed by atoms with Crippen molar-refractivity contribution < 1.29 is 18.3 Å². The number of aromatic carboxylic acids is 1. The van der Waals surface area contributed by atoms with Gasteiger partial charge in [0, 0.05) is 22.3 Å². The van der Waals surface area contributed by atoms with Crippen LogP contribution in [-0.4, -0.2) is 24.5 Å². The molecular weight excluding hydrogens is 376 g/mol. The fourth-order valence-corrected chi connectivity index (χ4v) is 4.89. The van der Waals surface area contributed by atoms with Gasteiger partial charge in [-0.1, -0.05) is 12.8 Å². The number of hydrogen-bond acceptors (Lipinski definition) is 3. The van der Waals surface area contributed by atoms with Gasteiger partial charge in [0.05, 0.1) is 10.5 Å². The van der Waals surface area contributed by atoms with Gasteiger partial charge in [-0.2, -0.15) is 0 Å². The van der Waals surface area contributed by atoms with Crippen LogP contribution in [0.1, 0.15) is 47.3 Å². The summed E-state index contributed by atoms with van der Waals surface area (Å²) in [5.41, 5.74) is 3.86. The van der Waals surface area contributed by atoms with Crippen molar-refractivity contribution in [3.63, 3.8) is 0 Å². The number of aryl methyl sites for hydroxylation is 2. The molecule has 0 saturated heterocycles. The molecule has 1 aliphatic carbocycles. The van der Waals surface area contributed by atoms with E-state index in [1.54, 1.807) is 12.1 Å². The summed E-state index contributed by atoms with van der Waals surface area (Å²) in [6, 6.07) is 10.8. The highest BCUT2D eigenvalue weighted by atomic mass is 32.2. The van der Waals surface area contributed by atoms with Crippen molar-refractivity contribution in [3.8, 4) is 0 Å². The predicted octanol–water partition coefficient (Wildman–Crippen LogP) is 4.33. The first-order chi connectivity index (χ1) is 13.4. The minimum absolute atomic E-state index is 0.107. The number of rotatable bonds is 4. The largest absolute Gasteiger partial charge is 0.478 e. The van der Waals surface area contributed by atoms with E-state index in [1.807, 2.05) is 6.07 Å². The molecule has 4 rings (SSSR count). The average Bonchev–Trinajstić information content (AvgIpc) is 2.97. The van der Waals surface area contributed by atoms with E-state index in [2.05, 4.69) is 9.71 Å². The molecule has 0 aliphatic heterocycles. The molecule has 0 unspecified atom stereocenters. The Morgan fingerprint density at radius 3 is 2.39 bits per heavy atom. The van der Waals surface area contributed by atoms with Gasteiger partial charge in [-0.15, -0.1) is 0 Å². The van der Waals surface area contributed by atoms with Gasteiger partial charge in [0.25, 0.3) is 10.0 Å². The van der Waals surface area contributed by atoms with Crippen LogP contribution < -0.4 is 4.72 Å². The van der Waals surface area contributed by atoms with Crippen molar-refractivity contribution in [1.29, 1.82) is 0 Å². The number of sulfonamides is 1. The van der Waals surface area contributed by atoms with Gasteiger partial charge in [0.15, 0.2) is 0 Å². The third-order valence-electron chi connectivity index (χ3n) is 5.26. The van der Waals surface area contributed by atoms with Crippen LogP contribution in [0.25, 0.3) is 10.9 Å². The van der Waals surface area contributed by atoms with Crippen molar-refractivity contribution in [2.75, 3.05) is 4.72 Å². The van der Waals surface area contributed by atoms with Gasteiger partial charge in [-0.3, -0.25) is 4.72 Å². The Kier molecular flexibility index (Phi) is 4.85. The zero-order valence-corrected chi connectivity index (χ0v) is 16.2. The summed E-state index contributed by atoms with van der Waals surface area (Å²) in [4.78, 5) is 14.6. The van der Waals surface area contributed by atoms with Crippen molar-refractivity contribution in [2.24, 2.45) is 0 Å². The Balaban J connectivity index is 1.67. The van der Waals surface area contributed by atoms with Crippen LogP contribution in [0.15, 0.2) is 47.4 Å². The molecular formula is C21H22N2O4S. The minimum Gasteiger partial charge on any atom is -0.478 e. The lowest BCUT2D eigenvalue weighted by molar-refractivity contribution is 0.0697. The zero-order valence-electron chi connectivity index (χ0n) is 15.4. The number of carboxylic acid groups (broad SMARTS) is 1. The summed E-state index contributed by atoms with van der Waals surface area (Å²) in [7, 11) is -3.77. The van der Waals surface area contributed by atoms with Crippen LogP contribution in [-0.2, 0) is 22.9 Å². The molecule has 146 valence electrons. The van der Waals surface area contributed by atoms with Crippen LogP contribution in [0.4, 0.5) is 5.69 Å². The molecule has 2 aromatic carbocycles. The van der Waals surface area contributed by atoms with Crippen LogP contribution in [0.5, 0.6) is 0 Å².